The maximum absolute atomic E-state index is 12.5. The van der Waals surface area contributed by atoms with Crippen LogP contribution in [0.4, 0.5) is 0 Å². The number of carbonyl (C=O) groups is 2. The van der Waals surface area contributed by atoms with Crippen LogP contribution in [0.2, 0.25) is 0 Å². The average Bonchev–Trinajstić information content (AvgIpc) is 2.58. The highest BCUT2D eigenvalue weighted by atomic mass is 16.5. The predicted molar refractivity (Wildman–Crippen MR) is 88.5 cm³/mol. The Morgan fingerprint density at radius 1 is 1.26 bits per heavy atom. The largest absolute Gasteiger partial charge is 0.497 e. The van der Waals surface area contributed by atoms with Crippen molar-refractivity contribution in [2.75, 3.05) is 26.8 Å². The predicted octanol–water partition coefficient (Wildman–Crippen LogP) is 1.43. The van der Waals surface area contributed by atoms with Crippen molar-refractivity contribution in [3.8, 4) is 5.75 Å². The second kappa shape index (κ2) is 9.84. The summed E-state index contributed by atoms with van der Waals surface area (Å²) in [5.74, 6) is -0.111. The monoisotopic (exact) mass is 322 g/mol. The molecule has 0 aromatic heterocycles. The van der Waals surface area contributed by atoms with Gasteiger partial charge in [0.25, 0.3) is 5.91 Å². The molecule has 1 rings (SSSR count). The third kappa shape index (κ3) is 5.56. The van der Waals surface area contributed by atoms with Gasteiger partial charge in [-0.3, -0.25) is 9.59 Å². The van der Waals surface area contributed by atoms with Crippen molar-refractivity contribution in [1.29, 1.82) is 0 Å². The molecular weight excluding hydrogens is 296 g/mol. The zero-order chi connectivity index (χ0) is 17.2. The number of amides is 2. The summed E-state index contributed by atoms with van der Waals surface area (Å²) in [7, 11) is 1.52. The van der Waals surface area contributed by atoms with E-state index in [1.807, 2.05) is 13.8 Å². The maximum Gasteiger partial charge on any atom is 0.252 e. The Morgan fingerprint density at radius 2 is 1.91 bits per heavy atom. The van der Waals surface area contributed by atoms with Crippen LogP contribution in [0, 0.1) is 0 Å². The average molecular weight is 322 g/mol. The summed E-state index contributed by atoms with van der Waals surface area (Å²) in [4.78, 5) is 26.4. The van der Waals surface area contributed by atoms with Crippen LogP contribution >= 0.6 is 0 Å². The normalized spacial score (nSPS) is 11.7. The van der Waals surface area contributed by atoms with Crippen LogP contribution in [0.15, 0.2) is 24.3 Å². The van der Waals surface area contributed by atoms with Gasteiger partial charge in [-0.05, 0) is 31.0 Å². The first-order valence-corrected chi connectivity index (χ1v) is 7.91. The van der Waals surface area contributed by atoms with Crippen molar-refractivity contribution >= 4 is 11.8 Å². The molecule has 23 heavy (non-hydrogen) atoms. The SMILES string of the molecule is CCCN(CCC)C(=O)C(CO)NC(=O)c1cccc(OC)c1. The molecule has 0 saturated carbocycles. The molecule has 0 aliphatic rings. The van der Waals surface area contributed by atoms with Gasteiger partial charge in [0.05, 0.1) is 13.7 Å². The van der Waals surface area contributed by atoms with Gasteiger partial charge in [-0.1, -0.05) is 19.9 Å². The van der Waals surface area contributed by atoms with E-state index < -0.39 is 18.6 Å². The summed E-state index contributed by atoms with van der Waals surface area (Å²) in [5.41, 5.74) is 0.383. The van der Waals surface area contributed by atoms with Gasteiger partial charge >= 0.3 is 0 Å². The van der Waals surface area contributed by atoms with E-state index in [2.05, 4.69) is 5.32 Å². The fourth-order valence-electron chi connectivity index (χ4n) is 2.28. The summed E-state index contributed by atoms with van der Waals surface area (Å²) in [6.07, 6.45) is 1.65. The second-order valence-electron chi connectivity index (χ2n) is 5.27. The first-order chi connectivity index (χ1) is 11.1. The van der Waals surface area contributed by atoms with Gasteiger partial charge in [-0.2, -0.15) is 0 Å². The van der Waals surface area contributed by atoms with Gasteiger partial charge in [0.15, 0.2) is 0 Å². The van der Waals surface area contributed by atoms with Gasteiger partial charge in [-0.25, -0.2) is 0 Å². The molecule has 0 saturated heterocycles. The molecule has 2 amide bonds. The number of benzene rings is 1. The molecule has 1 atom stereocenters. The number of hydrogen-bond acceptors (Lipinski definition) is 4. The number of rotatable bonds is 9. The lowest BCUT2D eigenvalue weighted by Crippen LogP contribution is -2.51. The lowest BCUT2D eigenvalue weighted by atomic mass is 10.1. The highest BCUT2D eigenvalue weighted by molar-refractivity contribution is 5.97. The molecule has 2 N–H and O–H groups in total. The van der Waals surface area contributed by atoms with Crippen LogP contribution in [-0.2, 0) is 4.79 Å². The fourth-order valence-corrected chi connectivity index (χ4v) is 2.28. The van der Waals surface area contributed by atoms with Crippen molar-refractivity contribution in [2.45, 2.75) is 32.7 Å². The van der Waals surface area contributed by atoms with E-state index in [1.54, 1.807) is 29.2 Å². The molecule has 1 unspecified atom stereocenters. The summed E-state index contributed by atoms with van der Waals surface area (Å²) in [6, 6.07) is 5.71. The molecule has 0 spiro atoms. The summed E-state index contributed by atoms with van der Waals surface area (Å²) in [5, 5.41) is 12.1. The van der Waals surface area contributed by atoms with E-state index in [1.165, 1.54) is 7.11 Å². The smallest absolute Gasteiger partial charge is 0.252 e. The van der Waals surface area contributed by atoms with E-state index in [0.717, 1.165) is 12.8 Å². The minimum absolute atomic E-state index is 0.257. The summed E-state index contributed by atoms with van der Waals surface area (Å²) in [6.45, 7) is 4.76. The Kier molecular flexibility index (Phi) is 8.11. The molecule has 1 aromatic rings. The highest BCUT2D eigenvalue weighted by Crippen LogP contribution is 2.12. The standard InChI is InChI=1S/C17H26N2O4/c1-4-9-19(10-5-2)17(22)15(12-20)18-16(21)13-7-6-8-14(11-13)23-3/h6-8,11,15,20H,4-5,9-10,12H2,1-3H3,(H,18,21). The number of aliphatic hydroxyl groups excluding tert-OH is 1. The van der Waals surface area contributed by atoms with Crippen LogP contribution < -0.4 is 10.1 Å². The zero-order valence-corrected chi connectivity index (χ0v) is 14.0. The number of ether oxygens (including phenoxy) is 1. The highest BCUT2D eigenvalue weighted by Gasteiger charge is 2.25. The first kappa shape index (κ1) is 19.0. The molecule has 0 fully saturated rings. The minimum atomic E-state index is -0.938. The van der Waals surface area contributed by atoms with Crippen LogP contribution in [0.5, 0.6) is 5.75 Å². The molecule has 0 aliphatic carbocycles. The molecule has 1 aromatic carbocycles. The van der Waals surface area contributed by atoms with Crippen LogP contribution in [0.1, 0.15) is 37.0 Å². The van der Waals surface area contributed by atoms with Crippen LogP contribution in [0.3, 0.4) is 0 Å². The minimum Gasteiger partial charge on any atom is -0.497 e. The summed E-state index contributed by atoms with van der Waals surface area (Å²) < 4.78 is 5.08. The molecule has 128 valence electrons. The Hall–Kier alpha value is -2.08. The van der Waals surface area contributed by atoms with E-state index in [4.69, 9.17) is 4.74 Å². The maximum atomic E-state index is 12.5. The lowest BCUT2D eigenvalue weighted by Gasteiger charge is -2.26. The van der Waals surface area contributed by atoms with Gasteiger partial charge < -0.3 is 20.1 Å². The number of nitrogens with zero attached hydrogens (tertiary/aromatic N) is 1. The lowest BCUT2D eigenvalue weighted by molar-refractivity contribution is -0.134. The number of nitrogens with one attached hydrogen (secondary N) is 1. The number of carbonyl (C=O) groups excluding carboxylic acids is 2. The van der Waals surface area contributed by atoms with Crippen molar-refractivity contribution in [1.82, 2.24) is 10.2 Å². The molecule has 0 heterocycles. The fraction of sp³-hybridized carbons (Fsp3) is 0.529. The van der Waals surface area contributed by atoms with Gasteiger partial charge in [-0.15, -0.1) is 0 Å². The molecule has 6 nitrogen and oxygen atoms in total. The van der Waals surface area contributed by atoms with Crippen molar-refractivity contribution in [3.63, 3.8) is 0 Å². The second-order valence-corrected chi connectivity index (χ2v) is 5.27. The number of methoxy groups -OCH3 is 1. The molecule has 6 heteroatoms. The Morgan fingerprint density at radius 3 is 2.43 bits per heavy atom. The third-order valence-electron chi connectivity index (χ3n) is 3.42. The quantitative estimate of drug-likeness (QED) is 0.721. The zero-order valence-electron chi connectivity index (χ0n) is 14.0. The Bertz CT molecular complexity index is 513. The van der Waals surface area contributed by atoms with E-state index in [0.29, 0.717) is 24.4 Å². The molecular formula is C17H26N2O4. The van der Waals surface area contributed by atoms with Crippen molar-refractivity contribution in [3.05, 3.63) is 29.8 Å². The number of hydrogen-bond donors (Lipinski definition) is 2. The first-order valence-electron chi connectivity index (χ1n) is 7.91. The van der Waals surface area contributed by atoms with E-state index >= 15 is 0 Å². The van der Waals surface area contributed by atoms with Crippen molar-refractivity contribution < 1.29 is 19.4 Å². The van der Waals surface area contributed by atoms with Gasteiger partial charge in [0, 0.05) is 18.7 Å². The topological polar surface area (TPSA) is 78.9 Å². The van der Waals surface area contributed by atoms with Crippen LogP contribution in [-0.4, -0.2) is 54.7 Å². The Labute approximate surface area is 137 Å². The molecule has 0 aliphatic heterocycles. The Balaban J connectivity index is 2.80. The summed E-state index contributed by atoms with van der Waals surface area (Å²) >= 11 is 0. The molecule has 0 bridgehead atoms. The number of aliphatic hydroxyl groups is 1. The van der Waals surface area contributed by atoms with Crippen molar-refractivity contribution in [2.24, 2.45) is 0 Å². The third-order valence-corrected chi connectivity index (χ3v) is 3.42. The van der Waals surface area contributed by atoms with Gasteiger partial charge in [0.2, 0.25) is 5.91 Å². The molecule has 0 radical (unpaired) electrons. The van der Waals surface area contributed by atoms with Crippen LogP contribution in [0.25, 0.3) is 0 Å². The van der Waals surface area contributed by atoms with E-state index in [-0.39, 0.29) is 5.91 Å². The van der Waals surface area contributed by atoms with Gasteiger partial charge in [0.1, 0.15) is 11.8 Å². The van der Waals surface area contributed by atoms with E-state index in [9.17, 15) is 14.7 Å².